The number of rotatable bonds is 7. The summed E-state index contributed by atoms with van der Waals surface area (Å²) in [7, 11) is 1.64. The predicted molar refractivity (Wildman–Crippen MR) is 128 cm³/mol. The number of amides is 1. The maximum Gasteiger partial charge on any atom is 0.348 e. The first-order valence-electron chi connectivity index (χ1n) is 11.1. The van der Waals surface area contributed by atoms with Gasteiger partial charge in [0.1, 0.15) is 27.6 Å². The fourth-order valence-corrected chi connectivity index (χ4v) is 5.09. The van der Waals surface area contributed by atoms with Crippen LogP contribution in [0.5, 0.6) is 5.75 Å². The van der Waals surface area contributed by atoms with Crippen LogP contribution >= 0.6 is 11.3 Å². The SMILES string of the molecule is CCOC(=O)c1sc2ncnc(N3CCN(C(=O)CCc4ccc(OC)cc4)CC3)c2c1C. The van der Waals surface area contributed by atoms with Crippen LogP contribution in [0.25, 0.3) is 10.2 Å². The maximum absolute atomic E-state index is 12.8. The number of carbonyl (C=O) groups is 2. The lowest BCUT2D eigenvalue weighted by molar-refractivity contribution is -0.131. The van der Waals surface area contributed by atoms with E-state index in [1.807, 2.05) is 36.1 Å². The molecule has 1 aromatic carbocycles. The first-order valence-corrected chi connectivity index (χ1v) is 11.9. The molecule has 0 N–H and O–H groups in total. The minimum Gasteiger partial charge on any atom is -0.497 e. The first-order chi connectivity index (χ1) is 16.0. The number of aromatic nitrogens is 2. The molecule has 3 aromatic rings. The van der Waals surface area contributed by atoms with Crippen LogP contribution in [0.2, 0.25) is 0 Å². The normalized spacial score (nSPS) is 13.9. The van der Waals surface area contributed by atoms with Crippen LogP contribution in [0.15, 0.2) is 30.6 Å². The van der Waals surface area contributed by atoms with Crippen LogP contribution in [0.3, 0.4) is 0 Å². The zero-order valence-corrected chi connectivity index (χ0v) is 20.0. The molecule has 0 atom stereocenters. The lowest BCUT2D eigenvalue weighted by atomic mass is 10.1. The number of carbonyl (C=O) groups excluding carboxylic acids is 2. The van der Waals surface area contributed by atoms with Crippen LogP contribution in [0.1, 0.15) is 34.1 Å². The molecule has 8 nitrogen and oxygen atoms in total. The predicted octanol–water partition coefficient (Wildman–Crippen LogP) is 3.47. The third-order valence-corrected chi connectivity index (χ3v) is 7.07. The first kappa shape index (κ1) is 23.0. The van der Waals surface area contributed by atoms with E-state index >= 15 is 0 Å². The number of hydrogen-bond acceptors (Lipinski definition) is 8. The second-order valence-corrected chi connectivity index (χ2v) is 8.87. The number of esters is 1. The minimum atomic E-state index is -0.323. The van der Waals surface area contributed by atoms with Gasteiger partial charge in [-0.25, -0.2) is 14.8 Å². The van der Waals surface area contributed by atoms with Gasteiger partial charge in [-0.05, 0) is 43.5 Å². The van der Waals surface area contributed by atoms with Gasteiger partial charge in [-0.2, -0.15) is 0 Å². The van der Waals surface area contributed by atoms with Crippen LogP contribution < -0.4 is 9.64 Å². The lowest BCUT2D eigenvalue weighted by Crippen LogP contribution is -2.49. The number of methoxy groups -OCH3 is 1. The Kier molecular flexibility index (Phi) is 7.08. The molecule has 1 aliphatic heterocycles. The minimum absolute atomic E-state index is 0.162. The van der Waals surface area contributed by atoms with E-state index in [0.717, 1.165) is 32.9 Å². The molecule has 3 heterocycles. The molecule has 1 saturated heterocycles. The Morgan fingerprint density at radius 3 is 2.48 bits per heavy atom. The number of hydrogen-bond donors (Lipinski definition) is 0. The van der Waals surface area contributed by atoms with Gasteiger partial charge in [0.05, 0.1) is 19.1 Å². The van der Waals surface area contributed by atoms with Gasteiger partial charge >= 0.3 is 5.97 Å². The maximum atomic E-state index is 12.8. The van der Waals surface area contributed by atoms with Gasteiger partial charge < -0.3 is 19.3 Å². The molecule has 0 bridgehead atoms. The monoisotopic (exact) mass is 468 g/mol. The van der Waals surface area contributed by atoms with Crippen LogP contribution in [0, 0.1) is 6.92 Å². The van der Waals surface area contributed by atoms with E-state index < -0.39 is 0 Å². The molecule has 4 rings (SSSR count). The van der Waals surface area contributed by atoms with Crippen molar-refractivity contribution in [1.82, 2.24) is 14.9 Å². The fourth-order valence-electron chi connectivity index (χ4n) is 4.05. The topological polar surface area (TPSA) is 84.9 Å². The molecule has 0 saturated carbocycles. The molecular formula is C24H28N4O4S. The number of aryl methyl sites for hydroxylation is 2. The molecule has 1 fully saturated rings. The average molecular weight is 469 g/mol. The van der Waals surface area contributed by atoms with E-state index in [0.29, 0.717) is 50.5 Å². The highest BCUT2D eigenvalue weighted by Crippen LogP contribution is 2.35. The van der Waals surface area contributed by atoms with Crippen molar-refractivity contribution < 1.29 is 19.1 Å². The van der Waals surface area contributed by atoms with E-state index in [-0.39, 0.29) is 11.9 Å². The Morgan fingerprint density at radius 1 is 1.09 bits per heavy atom. The molecule has 0 unspecified atom stereocenters. The van der Waals surface area contributed by atoms with Gasteiger partial charge in [-0.15, -0.1) is 11.3 Å². The number of piperazine rings is 1. The Labute approximate surface area is 197 Å². The van der Waals surface area contributed by atoms with Crippen molar-refractivity contribution in [2.24, 2.45) is 0 Å². The summed E-state index contributed by atoms with van der Waals surface area (Å²) >= 11 is 1.34. The molecule has 1 amide bonds. The molecule has 2 aromatic heterocycles. The van der Waals surface area contributed by atoms with Crippen molar-refractivity contribution in [1.29, 1.82) is 0 Å². The van der Waals surface area contributed by atoms with Crippen molar-refractivity contribution in [2.75, 3.05) is 44.8 Å². The van der Waals surface area contributed by atoms with Gasteiger partial charge in [0.25, 0.3) is 0 Å². The standard InChI is InChI=1S/C24H28N4O4S/c1-4-32-24(30)21-16(2)20-22(25-15-26-23(20)33-21)28-13-11-27(12-14-28)19(29)10-7-17-5-8-18(31-3)9-6-17/h5-6,8-9,15H,4,7,10-14H2,1-3H3. The summed E-state index contributed by atoms with van der Waals surface area (Å²) in [4.78, 5) is 39.4. The van der Waals surface area contributed by atoms with Crippen molar-refractivity contribution in [3.63, 3.8) is 0 Å². The Morgan fingerprint density at radius 2 is 1.82 bits per heavy atom. The molecule has 33 heavy (non-hydrogen) atoms. The number of benzene rings is 1. The second kappa shape index (κ2) is 10.2. The largest absolute Gasteiger partial charge is 0.497 e. The summed E-state index contributed by atoms with van der Waals surface area (Å²) in [6.07, 6.45) is 2.73. The van der Waals surface area contributed by atoms with Crippen LogP contribution in [-0.4, -0.2) is 66.6 Å². The highest BCUT2D eigenvalue weighted by molar-refractivity contribution is 7.20. The van der Waals surface area contributed by atoms with Gasteiger partial charge in [0, 0.05) is 32.6 Å². The molecule has 0 aliphatic carbocycles. The van der Waals surface area contributed by atoms with Crippen molar-refractivity contribution in [2.45, 2.75) is 26.7 Å². The van der Waals surface area contributed by atoms with E-state index in [4.69, 9.17) is 9.47 Å². The molecule has 0 spiro atoms. The molecule has 174 valence electrons. The summed E-state index contributed by atoms with van der Waals surface area (Å²) in [6.45, 7) is 6.69. The number of thiophene rings is 1. The zero-order valence-electron chi connectivity index (χ0n) is 19.2. The van der Waals surface area contributed by atoms with Crippen molar-refractivity contribution in [3.05, 3.63) is 46.6 Å². The second-order valence-electron chi connectivity index (χ2n) is 7.87. The number of anilines is 1. The molecule has 9 heteroatoms. The summed E-state index contributed by atoms with van der Waals surface area (Å²) < 4.78 is 10.4. The Bertz CT molecular complexity index is 1140. The van der Waals surface area contributed by atoms with E-state index in [1.165, 1.54) is 17.7 Å². The highest BCUT2D eigenvalue weighted by atomic mass is 32.1. The average Bonchev–Trinajstić information content (AvgIpc) is 3.20. The summed E-state index contributed by atoms with van der Waals surface area (Å²) in [5.74, 6) is 1.47. The smallest absolute Gasteiger partial charge is 0.348 e. The summed E-state index contributed by atoms with van der Waals surface area (Å²) in [5.41, 5.74) is 1.97. The summed E-state index contributed by atoms with van der Waals surface area (Å²) in [6, 6.07) is 7.83. The third kappa shape index (κ3) is 4.93. The Balaban J connectivity index is 1.40. The molecule has 1 aliphatic rings. The van der Waals surface area contributed by atoms with E-state index in [9.17, 15) is 9.59 Å². The zero-order chi connectivity index (χ0) is 23.4. The number of nitrogens with zero attached hydrogens (tertiary/aromatic N) is 4. The van der Waals surface area contributed by atoms with Gasteiger partial charge in [-0.3, -0.25) is 4.79 Å². The lowest BCUT2D eigenvalue weighted by Gasteiger charge is -2.35. The number of fused-ring (bicyclic) bond motifs is 1. The van der Waals surface area contributed by atoms with E-state index in [1.54, 1.807) is 14.0 Å². The van der Waals surface area contributed by atoms with Gasteiger partial charge in [0.15, 0.2) is 0 Å². The van der Waals surface area contributed by atoms with Crippen LogP contribution in [0.4, 0.5) is 5.82 Å². The van der Waals surface area contributed by atoms with Crippen LogP contribution in [-0.2, 0) is 16.0 Å². The third-order valence-electron chi connectivity index (χ3n) is 5.89. The number of ether oxygens (including phenoxy) is 2. The van der Waals surface area contributed by atoms with Gasteiger partial charge in [0.2, 0.25) is 5.91 Å². The molecular weight excluding hydrogens is 440 g/mol. The van der Waals surface area contributed by atoms with Crippen molar-refractivity contribution >= 4 is 39.2 Å². The van der Waals surface area contributed by atoms with E-state index in [2.05, 4.69) is 14.9 Å². The van der Waals surface area contributed by atoms with Gasteiger partial charge in [-0.1, -0.05) is 12.1 Å². The summed E-state index contributed by atoms with van der Waals surface area (Å²) in [5, 5.41) is 0.893. The molecule has 0 radical (unpaired) electrons. The Hall–Kier alpha value is -3.20. The fraction of sp³-hybridized carbons (Fsp3) is 0.417. The quantitative estimate of drug-likeness (QED) is 0.491. The van der Waals surface area contributed by atoms with Crippen molar-refractivity contribution in [3.8, 4) is 5.75 Å². The highest BCUT2D eigenvalue weighted by Gasteiger charge is 2.26.